The highest BCUT2D eigenvalue weighted by Gasteiger charge is 2.24. The normalized spacial score (nSPS) is 15.2. The molecule has 4 rings (SSSR count). The summed E-state index contributed by atoms with van der Waals surface area (Å²) in [5.74, 6) is 0.586. The van der Waals surface area contributed by atoms with Gasteiger partial charge in [-0.25, -0.2) is 4.79 Å². The van der Waals surface area contributed by atoms with E-state index >= 15 is 0 Å². The molecule has 0 spiro atoms. The second kappa shape index (κ2) is 7.87. The molecule has 2 aromatic heterocycles. The molecule has 1 aliphatic rings. The molecule has 1 aliphatic heterocycles. The van der Waals surface area contributed by atoms with Crippen molar-refractivity contribution in [1.29, 1.82) is 0 Å². The quantitative estimate of drug-likeness (QED) is 0.469. The van der Waals surface area contributed by atoms with Gasteiger partial charge in [-0.05, 0) is 44.2 Å². The fraction of sp³-hybridized carbons (Fsp3) is 0.273. The maximum absolute atomic E-state index is 12.6. The lowest BCUT2D eigenvalue weighted by molar-refractivity contribution is 0.0443. The Bertz CT molecular complexity index is 1030. The standard InChI is InChI=1S/C22H21NO6/c1-14-10-17(18(24)13-28-22(25)21-8-5-9-26-21)15(2)23(14)11-16-12-27-19-6-3-4-7-20(19)29-16/h3-10,16H,11-13H2,1-2H3/t16-/m1/s1. The van der Waals surface area contributed by atoms with Gasteiger partial charge in [-0.2, -0.15) is 0 Å². The van der Waals surface area contributed by atoms with Gasteiger partial charge in [0.1, 0.15) is 6.61 Å². The van der Waals surface area contributed by atoms with Crippen molar-refractivity contribution in [3.8, 4) is 11.5 Å². The third-order valence-corrected chi connectivity index (χ3v) is 4.88. The number of rotatable bonds is 6. The van der Waals surface area contributed by atoms with Crippen LogP contribution < -0.4 is 9.47 Å². The molecular formula is C22H21NO6. The van der Waals surface area contributed by atoms with E-state index in [9.17, 15) is 9.59 Å². The fourth-order valence-electron chi connectivity index (χ4n) is 3.40. The van der Waals surface area contributed by atoms with Gasteiger partial charge in [0.2, 0.25) is 11.5 Å². The van der Waals surface area contributed by atoms with Crippen molar-refractivity contribution >= 4 is 11.8 Å². The van der Waals surface area contributed by atoms with Gasteiger partial charge in [-0.3, -0.25) is 4.79 Å². The molecule has 3 aromatic rings. The van der Waals surface area contributed by atoms with Gasteiger partial charge in [-0.15, -0.1) is 0 Å². The zero-order valence-electron chi connectivity index (χ0n) is 16.2. The minimum absolute atomic E-state index is 0.0676. The zero-order chi connectivity index (χ0) is 20.4. The number of nitrogens with zero attached hydrogens (tertiary/aromatic N) is 1. The van der Waals surface area contributed by atoms with Crippen molar-refractivity contribution in [2.24, 2.45) is 0 Å². The first-order valence-electron chi connectivity index (χ1n) is 9.32. The number of benzene rings is 1. The summed E-state index contributed by atoms with van der Waals surface area (Å²) < 4.78 is 23.8. The molecule has 0 saturated heterocycles. The number of furan rings is 1. The van der Waals surface area contributed by atoms with E-state index in [1.165, 1.54) is 12.3 Å². The van der Waals surface area contributed by atoms with Crippen molar-refractivity contribution in [1.82, 2.24) is 4.57 Å². The summed E-state index contributed by atoms with van der Waals surface area (Å²) in [4.78, 5) is 24.4. The van der Waals surface area contributed by atoms with E-state index in [4.69, 9.17) is 18.6 Å². The van der Waals surface area contributed by atoms with Gasteiger partial charge in [0.25, 0.3) is 0 Å². The summed E-state index contributed by atoms with van der Waals surface area (Å²) in [6.45, 7) is 4.42. The van der Waals surface area contributed by atoms with Crippen LogP contribution in [0.15, 0.2) is 53.1 Å². The molecule has 0 N–H and O–H groups in total. The van der Waals surface area contributed by atoms with Gasteiger partial charge >= 0.3 is 5.97 Å². The summed E-state index contributed by atoms with van der Waals surface area (Å²) in [6.07, 6.45) is 1.20. The lowest BCUT2D eigenvalue weighted by atomic mass is 10.1. The maximum Gasteiger partial charge on any atom is 0.374 e. The molecule has 1 atom stereocenters. The lowest BCUT2D eigenvalue weighted by Gasteiger charge is -2.27. The molecule has 7 heteroatoms. The van der Waals surface area contributed by atoms with Crippen molar-refractivity contribution in [2.75, 3.05) is 13.2 Å². The monoisotopic (exact) mass is 395 g/mol. The Hall–Kier alpha value is -3.48. The lowest BCUT2D eigenvalue weighted by Crippen LogP contribution is -2.33. The van der Waals surface area contributed by atoms with E-state index in [0.717, 1.165) is 17.1 Å². The molecule has 0 amide bonds. The van der Waals surface area contributed by atoms with E-state index in [-0.39, 0.29) is 24.3 Å². The second-order valence-electron chi connectivity index (χ2n) is 6.87. The van der Waals surface area contributed by atoms with Crippen LogP contribution in [0, 0.1) is 13.8 Å². The maximum atomic E-state index is 12.6. The number of fused-ring (bicyclic) bond motifs is 1. The second-order valence-corrected chi connectivity index (χ2v) is 6.87. The number of carbonyl (C=O) groups excluding carboxylic acids is 2. The number of ether oxygens (including phenoxy) is 3. The topological polar surface area (TPSA) is 79.9 Å². The van der Waals surface area contributed by atoms with Gasteiger partial charge in [0.15, 0.2) is 24.2 Å². The number of aryl methyl sites for hydroxylation is 1. The molecule has 150 valence electrons. The Morgan fingerprint density at radius 3 is 2.69 bits per heavy atom. The van der Waals surface area contributed by atoms with Crippen LogP contribution in [0.5, 0.6) is 11.5 Å². The van der Waals surface area contributed by atoms with Crippen LogP contribution in [0.2, 0.25) is 0 Å². The summed E-state index contributed by atoms with van der Waals surface area (Å²) in [5, 5.41) is 0. The molecule has 0 radical (unpaired) electrons. The summed E-state index contributed by atoms with van der Waals surface area (Å²) in [5.41, 5.74) is 2.24. The highest BCUT2D eigenvalue weighted by Crippen LogP contribution is 2.31. The van der Waals surface area contributed by atoms with Crippen molar-refractivity contribution in [3.05, 3.63) is 71.4 Å². The van der Waals surface area contributed by atoms with E-state index in [1.54, 1.807) is 12.1 Å². The summed E-state index contributed by atoms with van der Waals surface area (Å²) in [7, 11) is 0. The van der Waals surface area contributed by atoms with Crippen molar-refractivity contribution < 1.29 is 28.2 Å². The molecular weight excluding hydrogens is 374 g/mol. The predicted molar refractivity (Wildman–Crippen MR) is 104 cm³/mol. The third-order valence-electron chi connectivity index (χ3n) is 4.88. The fourth-order valence-corrected chi connectivity index (χ4v) is 3.40. The number of hydrogen-bond donors (Lipinski definition) is 0. The van der Waals surface area contributed by atoms with Gasteiger partial charge in [-0.1, -0.05) is 12.1 Å². The molecule has 0 bridgehead atoms. The molecule has 0 aliphatic carbocycles. The average Bonchev–Trinajstić information content (AvgIpc) is 3.36. The Labute approximate surface area is 167 Å². The smallest absolute Gasteiger partial charge is 0.374 e. The minimum Gasteiger partial charge on any atom is -0.486 e. The first-order chi connectivity index (χ1) is 14.0. The molecule has 0 fully saturated rings. The van der Waals surface area contributed by atoms with Crippen LogP contribution in [-0.2, 0) is 11.3 Å². The number of hydrogen-bond acceptors (Lipinski definition) is 6. The average molecular weight is 395 g/mol. The highest BCUT2D eigenvalue weighted by atomic mass is 16.6. The van der Waals surface area contributed by atoms with Gasteiger partial charge in [0, 0.05) is 17.0 Å². The van der Waals surface area contributed by atoms with Gasteiger partial charge < -0.3 is 23.2 Å². The summed E-state index contributed by atoms with van der Waals surface area (Å²) in [6, 6.07) is 12.4. The molecule has 3 heterocycles. The first kappa shape index (κ1) is 18.9. The van der Waals surface area contributed by atoms with Crippen molar-refractivity contribution in [2.45, 2.75) is 26.5 Å². The van der Waals surface area contributed by atoms with E-state index in [2.05, 4.69) is 0 Å². The Balaban J connectivity index is 1.42. The third kappa shape index (κ3) is 3.89. The van der Waals surface area contributed by atoms with Crippen molar-refractivity contribution in [3.63, 3.8) is 0 Å². The number of ketones is 1. The van der Waals surface area contributed by atoms with Crippen LogP contribution >= 0.6 is 0 Å². The van der Waals surface area contributed by atoms with E-state index in [1.807, 2.05) is 42.7 Å². The first-order valence-corrected chi connectivity index (χ1v) is 9.32. The minimum atomic E-state index is -0.663. The molecule has 1 aromatic carbocycles. The number of Topliss-reactive ketones (excluding diaryl/α,β-unsaturated/α-hetero) is 1. The van der Waals surface area contributed by atoms with Crippen LogP contribution in [0.1, 0.15) is 32.3 Å². The van der Waals surface area contributed by atoms with E-state index < -0.39 is 5.97 Å². The molecule has 0 unspecified atom stereocenters. The highest BCUT2D eigenvalue weighted by molar-refractivity contribution is 6.00. The number of esters is 1. The van der Waals surface area contributed by atoms with E-state index in [0.29, 0.717) is 24.5 Å². The Morgan fingerprint density at radius 1 is 1.14 bits per heavy atom. The Kier molecular flexibility index (Phi) is 5.12. The largest absolute Gasteiger partial charge is 0.486 e. The van der Waals surface area contributed by atoms with Crippen LogP contribution in [0.25, 0.3) is 0 Å². The zero-order valence-corrected chi connectivity index (χ0v) is 16.2. The van der Waals surface area contributed by atoms with Crippen LogP contribution in [-0.4, -0.2) is 35.6 Å². The van der Waals surface area contributed by atoms with Crippen LogP contribution in [0.4, 0.5) is 0 Å². The number of aromatic nitrogens is 1. The SMILES string of the molecule is Cc1cc(C(=O)COC(=O)c2ccco2)c(C)n1C[C@@H]1COc2ccccc2O1. The molecule has 29 heavy (non-hydrogen) atoms. The Morgan fingerprint density at radius 2 is 1.93 bits per heavy atom. The molecule has 0 saturated carbocycles. The summed E-state index contributed by atoms with van der Waals surface area (Å²) >= 11 is 0. The molecule has 7 nitrogen and oxygen atoms in total. The number of carbonyl (C=O) groups is 2. The number of para-hydroxylation sites is 2. The predicted octanol–water partition coefficient (Wildman–Crippen LogP) is 3.58. The van der Waals surface area contributed by atoms with Crippen LogP contribution in [0.3, 0.4) is 0 Å². The van der Waals surface area contributed by atoms with Gasteiger partial charge in [0.05, 0.1) is 12.8 Å².